The normalized spacial score (nSPS) is 9.69. The van der Waals surface area contributed by atoms with Gasteiger partial charge in [0.15, 0.2) is 11.5 Å². The van der Waals surface area contributed by atoms with E-state index in [4.69, 9.17) is 25.4 Å². The molecule has 88 valence electrons. The lowest BCUT2D eigenvalue weighted by Gasteiger charge is -2.15. The van der Waals surface area contributed by atoms with Crippen LogP contribution in [0.25, 0.3) is 0 Å². The summed E-state index contributed by atoms with van der Waals surface area (Å²) < 4.78 is 15.6. The first-order valence-electron chi connectivity index (χ1n) is 4.74. The van der Waals surface area contributed by atoms with Gasteiger partial charge in [0.2, 0.25) is 5.75 Å². The summed E-state index contributed by atoms with van der Waals surface area (Å²) in [7, 11) is 4.64. The maximum absolute atomic E-state index is 7.28. The molecule has 16 heavy (non-hydrogen) atoms. The first-order valence-corrected chi connectivity index (χ1v) is 4.74. The summed E-state index contributed by atoms with van der Waals surface area (Å²) in [6.07, 6.45) is 0.323. The molecule has 0 spiro atoms. The van der Waals surface area contributed by atoms with Gasteiger partial charge in [0.1, 0.15) is 0 Å². The van der Waals surface area contributed by atoms with Crippen molar-refractivity contribution in [3.05, 3.63) is 17.7 Å². The average molecular weight is 224 g/mol. The Balaban J connectivity index is 3.25. The third-order valence-electron chi connectivity index (χ3n) is 2.17. The first-order chi connectivity index (χ1) is 7.63. The van der Waals surface area contributed by atoms with Crippen LogP contribution in [0.5, 0.6) is 17.2 Å². The van der Waals surface area contributed by atoms with E-state index < -0.39 is 0 Å². The van der Waals surface area contributed by atoms with E-state index in [2.05, 4.69) is 0 Å². The largest absolute Gasteiger partial charge is 0.493 e. The van der Waals surface area contributed by atoms with Crippen LogP contribution in [0, 0.1) is 5.41 Å². The van der Waals surface area contributed by atoms with Crippen molar-refractivity contribution in [1.82, 2.24) is 0 Å². The van der Waals surface area contributed by atoms with E-state index >= 15 is 0 Å². The molecule has 3 N–H and O–H groups in total. The standard InChI is InChI=1S/C11H16N2O3/c1-14-8-5-4-7(6-9(12)13)10(15-2)11(8)16-3/h4-5H,6H2,1-3H3,(H3,12,13). The minimum absolute atomic E-state index is 0.0746. The predicted octanol–water partition coefficient (Wildman–Crippen LogP) is 1.19. The van der Waals surface area contributed by atoms with Crippen molar-refractivity contribution < 1.29 is 14.2 Å². The van der Waals surface area contributed by atoms with Gasteiger partial charge in [0, 0.05) is 12.0 Å². The molecule has 0 aliphatic heterocycles. The SMILES string of the molecule is COc1ccc(CC(=N)N)c(OC)c1OC. The third kappa shape index (κ3) is 2.36. The van der Waals surface area contributed by atoms with Gasteiger partial charge in [-0.25, -0.2) is 0 Å². The van der Waals surface area contributed by atoms with Crippen LogP contribution in [0.3, 0.4) is 0 Å². The number of hydrogen-bond donors (Lipinski definition) is 2. The monoisotopic (exact) mass is 224 g/mol. The van der Waals surface area contributed by atoms with Crippen molar-refractivity contribution in [2.75, 3.05) is 21.3 Å². The molecule has 1 rings (SSSR count). The van der Waals surface area contributed by atoms with Gasteiger partial charge in [-0.3, -0.25) is 5.41 Å². The lowest BCUT2D eigenvalue weighted by atomic mass is 10.1. The zero-order chi connectivity index (χ0) is 12.1. The van der Waals surface area contributed by atoms with E-state index in [0.29, 0.717) is 23.7 Å². The fraction of sp³-hybridized carbons (Fsp3) is 0.364. The van der Waals surface area contributed by atoms with Crippen LogP contribution in [0.4, 0.5) is 0 Å². The summed E-state index contributed by atoms with van der Waals surface area (Å²) in [6.45, 7) is 0. The predicted molar refractivity (Wildman–Crippen MR) is 61.7 cm³/mol. The van der Waals surface area contributed by atoms with E-state index in [1.807, 2.05) is 6.07 Å². The van der Waals surface area contributed by atoms with Crippen LogP contribution in [0.2, 0.25) is 0 Å². The number of ether oxygens (including phenoxy) is 3. The van der Waals surface area contributed by atoms with Gasteiger partial charge in [-0.2, -0.15) is 0 Å². The quantitative estimate of drug-likeness (QED) is 0.581. The van der Waals surface area contributed by atoms with E-state index in [1.54, 1.807) is 20.3 Å². The van der Waals surface area contributed by atoms with Gasteiger partial charge in [-0.1, -0.05) is 6.07 Å². The Morgan fingerprint density at radius 1 is 1.12 bits per heavy atom. The maximum Gasteiger partial charge on any atom is 0.203 e. The van der Waals surface area contributed by atoms with Gasteiger partial charge in [0.05, 0.1) is 27.2 Å². The van der Waals surface area contributed by atoms with Crippen molar-refractivity contribution in [1.29, 1.82) is 5.41 Å². The highest BCUT2D eigenvalue weighted by Crippen LogP contribution is 2.39. The zero-order valence-electron chi connectivity index (χ0n) is 9.66. The molecule has 0 fully saturated rings. The molecule has 0 saturated heterocycles. The van der Waals surface area contributed by atoms with Crippen LogP contribution in [0.15, 0.2) is 12.1 Å². The van der Waals surface area contributed by atoms with Crippen molar-refractivity contribution >= 4 is 5.84 Å². The van der Waals surface area contributed by atoms with Gasteiger partial charge in [-0.05, 0) is 6.07 Å². The summed E-state index contributed by atoms with van der Waals surface area (Å²) in [5.41, 5.74) is 6.16. The number of benzene rings is 1. The molecule has 5 nitrogen and oxygen atoms in total. The number of methoxy groups -OCH3 is 3. The average Bonchev–Trinajstić information content (AvgIpc) is 2.27. The van der Waals surface area contributed by atoms with Crippen LogP contribution < -0.4 is 19.9 Å². The lowest BCUT2D eigenvalue weighted by molar-refractivity contribution is 0.322. The zero-order valence-corrected chi connectivity index (χ0v) is 9.66. The Labute approximate surface area is 94.6 Å². The number of amidine groups is 1. The second-order valence-electron chi connectivity index (χ2n) is 3.20. The van der Waals surface area contributed by atoms with Crippen molar-refractivity contribution in [3.8, 4) is 17.2 Å². The van der Waals surface area contributed by atoms with Crippen molar-refractivity contribution in [2.24, 2.45) is 5.73 Å². The molecule has 5 heteroatoms. The molecule has 0 aliphatic rings. The molecule has 0 heterocycles. The van der Waals surface area contributed by atoms with E-state index in [9.17, 15) is 0 Å². The molecule has 0 atom stereocenters. The lowest BCUT2D eigenvalue weighted by Crippen LogP contribution is -2.13. The summed E-state index contributed by atoms with van der Waals surface area (Å²) in [5.74, 6) is 1.73. The molecule has 1 aromatic carbocycles. The Morgan fingerprint density at radius 3 is 2.19 bits per heavy atom. The number of nitrogens with two attached hydrogens (primary N) is 1. The number of hydrogen-bond acceptors (Lipinski definition) is 4. The molecule has 0 aliphatic carbocycles. The minimum atomic E-state index is 0.0746. The molecule has 0 radical (unpaired) electrons. The topological polar surface area (TPSA) is 77.6 Å². The number of nitrogens with one attached hydrogen (secondary N) is 1. The van der Waals surface area contributed by atoms with E-state index in [-0.39, 0.29) is 5.84 Å². The molecule has 0 amide bonds. The molecule has 0 aromatic heterocycles. The van der Waals surface area contributed by atoms with E-state index in [1.165, 1.54) is 7.11 Å². The van der Waals surface area contributed by atoms with Gasteiger partial charge < -0.3 is 19.9 Å². The maximum atomic E-state index is 7.28. The fourth-order valence-corrected chi connectivity index (χ4v) is 1.51. The van der Waals surface area contributed by atoms with Crippen LogP contribution >= 0.6 is 0 Å². The van der Waals surface area contributed by atoms with Gasteiger partial charge >= 0.3 is 0 Å². The van der Waals surface area contributed by atoms with E-state index in [0.717, 1.165) is 5.56 Å². The highest BCUT2D eigenvalue weighted by Gasteiger charge is 2.15. The Morgan fingerprint density at radius 2 is 1.75 bits per heavy atom. The third-order valence-corrected chi connectivity index (χ3v) is 2.17. The summed E-state index contributed by atoms with van der Waals surface area (Å²) in [4.78, 5) is 0. The molecular formula is C11H16N2O3. The highest BCUT2D eigenvalue weighted by molar-refractivity contribution is 5.80. The Hall–Kier alpha value is -1.91. The summed E-state index contributed by atoms with van der Waals surface area (Å²) >= 11 is 0. The van der Waals surface area contributed by atoms with Gasteiger partial charge in [0.25, 0.3) is 0 Å². The van der Waals surface area contributed by atoms with Crippen LogP contribution in [-0.2, 0) is 6.42 Å². The molecule has 1 aromatic rings. The summed E-state index contributed by atoms with van der Waals surface area (Å²) in [5, 5.41) is 7.28. The second-order valence-corrected chi connectivity index (χ2v) is 3.20. The Bertz CT molecular complexity index is 391. The second kappa shape index (κ2) is 5.25. The fourth-order valence-electron chi connectivity index (χ4n) is 1.51. The molecule has 0 saturated carbocycles. The minimum Gasteiger partial charge on any atom is -0.493 e. The molecular weight excluding hydrogens is 208 g/mol. The Kier molecular flexibility index (Phi) is 3.99. The van der Waals surface area contributed by atoms with Crippen molar-refractivity contribution in [2.45, 2.75) is 6.42 Å². The molecule has 0 unspecified atom stereocenters. The van der Waals surface area contributed by atoms with Crippen LogP contribution in [-0.4, -0.2) is 27.2 Å². The number of rotatable bonds is 5. The smallest absolute Gasteiger partial charge is 0.203 e. The highest BCUT2D eigenvalue weighted by atomic mass is 16.5. The van der Waals surface area contributed by atoms with Crippen molar-refractivity contribution in [3.63, 3.8) is 0 Å². The molecule has 0 bridgehead atoms. The van der Waals surface area contributed by atoms with Crippen LogP contribution in [0.1, 0.15) is 5.56 Å². The first kappa shape index (κ1) is 12.2. The summed E-state index contributed by atoms with van der Waals surface area (Å²) in [6, 6.07) is 3.57. The van der Waals surface area contributed by atoms with Gasteiger partial charge in [-0.15, -0.1) is 0 Å².